The Bertz CT molecular complexity index is 222. The molecule has 4 heteroatoms. The van der Waals surface area contributed by atoms with E-state index >= 15 is 0 Å². The zero-order valence-corrected chi connectivity index (χ0v) is 14.4. The van der Waals surface area contributed by atoms with Crippen molar-refractivity contribution in [1.82, 2.24) is 15.1 Å². The molecule has 0 aliphatic carbocycles. The van der Waals surface area contributed by atoms with Crippen LogP contribution in [0.1, 0.15) is 47.5 Å². The first-order valence-electron chi connectivity index (χ1n) is 8.35. The second kappa shape index (κ2) is 11.5. The van der Waals surface area contributed by atoms with Gasteiger partial charge in [0.15, 0.2) is 0 Å². The Balaban J connectivity index is 4.02. The summed E-state index contributed by atoms with van der Waals surface area (Å²) in [6.07, 6.45) is 2.23. The molecule has 20 heavy (non-hydrogen) atoms. The Morgan fingerprint density at radius 3 is 1.90 bits per heavy atom. The fourth-order valence-electron chi connectivity index (χ4n) is 2.54. The van der Waals surface area contributed by atoms with Crippen molar-refractivity contribution in [3.63, 3.8) is 0 Å². The van der Waals surface area contributed by atoms with E-state index in [1.807, 2.05) is 0 Å². The minimum atomic E-state index is -0.138. The first-order chi connectivity index (χ1) is 9.55. The molecule has 1 atom stereocenters. The normalized spacial score (nSPS) is 15.0. The zero-order valence-electron chi connectivity index (χ0n) is 14.4. The molecule has 0 aliphatic rings. The lowest BCUT2D eigenvalue weighted by atomic mass is 9.98. The van der Waals surface area contributed by atoms with Crippen molar-refractivity contribution in [2.75, 3.05) is 52.4 Å². The van der Waals surface area contributed by atoms with Gasteiger partial charge in [-0.2, -0.15) is 0 Å². The summed E-state index contributed by atoms with van der Waals surface area (Å²) >= 11 is 0. The van der Waals surface area contributed by atoms with E-state index in [2.05, 4.69) is 49.7 Å². The Morgan fingerprint density at radius 1 is 0.900 bits per heavy atom. The number of hydrogen-bond acceptors (Lipinski definition) is 4. The molecule has 1 unspecified atom stereocenters. The summed E-state index contributed by atoms with van der Waals surface area (Å²) in [5.41, 5.74) is -0.138. The van der Waals surface area contributed by atoms with E-state index in [9.17, 15) is 5.11 Å². The predicted octanol–water partition coefficient (Wildman–Crippen LogP) is 1.79. The highest BCUT2D eigenvalue weighted by Gasteiger charge is 2.22. The lowest BCUT2D eigenvalue weighted by Crippen LogP contribution is -2.48. The van der Waals surface area contributed by atoms with Crippen molar-refractivity contribution in [3.8, 4) is 0 Å². The van der Waals surface area contributed by atoms with Crippen LogP contribution >= 0.6 is 0 Å². The molecule has 4 nitrogen and oxygen atoms in total. The molecule has 0 rings (SSSR count). The summed E-state index contributed by atoms with van der Waals surface area (Å²) in [7, 11) is 0. The molecule has 0 bridgehead atoms. The summed E-state index contributed by atoms with van der Waals surface area (Å²) in [6.45, 7) is 18.8. The summed E-state index contributed by atoms with van der Waals surface area (Å²) in [6, 6.07) is 0. The molecule has 0 saturated heterocycles. The second-order valence-corrected chi connectivity index (χ2v) is 5.81. The first-order valence-corrected chi connectivity index (χ1v) is 8.35. The lowest BCUT2D eigenvalue weighted by Gasteiger charge is -2.31. The molecule has 2 N–H and O–H groups in total. The van der Waals surface area contributed by atoms with Crippen molar-refractivity contribution in [2.24, 2.45) is 0 Å². The molecule has 122 valence electrons. The third-order valence-electron chi connectivity index (χ3n) is 4.22. The monoisotopic (exact) mass is 287 g/mol. The lowest BCUT2D eigenvalue weighted by molar-refractivity contribution is 0.146. The highest BCUT2D eigenvalue weighted by Crippen LogP contribution is 2.10. The Kier molecular flexibility index (Phi) is 11.4. The van der Waals surface area contributed by atoms with Crippen LogP contribution in [0.2, 0.25) is 0 Å². The van der Waals surface area contributed by atoms with E-state index in [0.717, 1.165) is 45.7 Å². The molecule has 0 heterocycles. The molecular weight excluding hydrogens is 250 g/mol. The van der Waals surface area contributed by atoms with Gasteiger partial charge >= 0.3 is 0 Å². The highest BCUT2D eigenvalue weighted by atomic mass is 16.3. The Hall–Kier alpha value is -0.160. The van der Waals surface area contributed by atoms with E-state index in [1.54, 1.807) is 0 Å². The smallest absolute Gasteiger partial charge is 0.0611 e. The molecule has 0 radical (unpaired) electrons. The van der Waals surface area contributed by atoms with Gasteiger partial charge in [-0.1, -0.05) is 27.7 Å². The molecular formula is C16H37N3O. The van der Waals surface area contributed by atoms with Gasteiger partial charge in [-0.25, -0.2) is 0 Å². The maximum Gasteiger partial charge on any atom is 0.0611 e. The van der Waals surface area contributed by atoms with Crippen LogP contribution in [0.15, 0.2) is 0 Å². The maximum atomic E-state index is 9.53. The van der Waals surface area contributed by atoms with Crippen molar-refractivity contribution >= 4 is 0 Å². The van der Waals surface area contributed by atoms with E-state index in [0.29, 0.717) is 0 Å². The molecule has 0 aromatic rings. The molecule has 0 amide bonds. The van der Waals surface area contributed by atoms with Crippen LogP contribution < -0.4 is 5.32 Å². The average Bonchev–Trinajstić information content (AvgIpc) is 2.47. The number of aliphatic hydroxyl groups is 1. The van der Waals surface area contributed by atoms with Crippen LogP contribution in [0.4, 0.5) is 0 Å². The van der Waals surface area contributed by atoms with Crippen molar-refractivity contribution in [1.29, 1.82) is 0 Å². The molecule has 0 saturated carbocycles. The molecule has 0 aromatic heterocycles. The largest absolute Gasteiger partial charge is 0.394 e. The second-order valence-electron chi connectivity index (χ2n) is 5.81. The fraction of sp³-hybridized carbons (Fsp3) is 1.00. The third-order valence-corrected chi connectivity index (χ3v) is 4.22. The molecule has 0 aliphatic heterocycles. The Labute approximate surface area is 126 Å². The number of nitrogens with one attached hydrogen (secondary N) is 1. The topological polar surface area (TPSA) is 38.7 Å². The highest BCUT2D eigenvalue weighted by molar-refractivity contribution is 4.82. The van der Waals surface area contributed by atoms with Crippen molar-refractivity contribution in [2.45, 2.75) is 53.0 Å². The number of nitrogens with zero attached hydrogens (tertiary/aromatic N) is 2. The quantitative estimate of drug-likeness (QED) is 0.542. The number of likely N-dealkylation sites (N-methyl/N-ethyl adjacent to an activating group) is 1. The average molecular weight is 287 g/mol. The number of aliphatic hydroxyl groups excluding tert-OH is 1. The number of hydrogen-bond donors (Lipinski definition) is 2. The van der Waals surface area contributed by atoms with Gasteiger partial charge in [0, 0.05) is 5.54 Å². The van der Waals surface area contributed by atoms with Crippen LogP contribution in [0, 0.1) is 0 Å². The van der Waals surface area contributed by atoms with E-state index in [1.165, 1.54) is 13.0 Å². The van der Waals surface area contributed by atoms with Crippen molar-refractivity contribution in [3.05, 3.63) is 0 Å². The Morgan fingerprint density at radius 2 is 1.45 bits per heavy atom. The molecule has 0 spiro atoms. The van der Waals surface area contributed by atoms with Gasteiger partial charge in [-0.3, -0.25) is 0 Å². The standard InChI is InChI=1S/C16H37N3O/c1-6-17-16(5,15-20)11-14-19(9-4)13-10-12-18(7-2)8-3/h17,20H,6-15H2,1-5H3. The zero-order chi connectivity index (χ0) is 15.4. The van der Waals surface area contributed by atoms with Gasteiger partial charge in [0.25, 0.3) is 0 Å². The number of rotatable bonds is 13. The summed E-state index contributed by atoms with van der Waals surface area (Å²) < 4.78 is 0. The predicted molar refractivity (Wildman–Crippen MR) is 88.3 cm³/mol. The van der Waals surface area contributed by atoms with Crippen molar-refractivity contribution < 1.29 is 5.11 Å². The van der Waals surface area contributed by atoms with E-state index in [-0.39, 0.29) is 12.1 Å². The third kappa shape index (κ3) is 8.20. The van der Waals surface area contributed by atoms with Gasteiger partial charge in [0.1, 0.15) is 0 Å². The fourth-order valence-corrected chi connectivity index (χ4v) is 2.54. The van der Waals surface area contributed by atoms with Crippen LogP contribution in [0.25, 0.3) is 0 Å². The minimum Gasteiger partial charge on any atom is -0.394 e. The van der Waals surface area contributed by atoms with Gasteiger partial charge in [-0.05, 0) is 65.6 Å². The van der Waals surface area contributed by atoms with Gasteiger partial charge in [0.2, 0.25) is 0 Å². The van der Waals surface area contributed by atoms with E-state index < -0.39 is 0 Å². The first kappa shape index (κ1) is 19.8. The van der Waals surface area contributed by atoms with Crippen LogP contribution in [-0.4, -0.2) is 72.9 Å². The SMILES string of the molecule is CCNC(C)(CO)CCN(CC)CCCN(CC)CC. The summed E-state index contributed by atoms with van der Waals surface area (Å²) in [4.78, 5) is 4.97. The molecule has 0 fully saturated rings. The van der Waals surface area contributed by atoms with Crippen LogP contribution in [-0.2, 0) is 0 Å². The summed E-state index contributed by atoms with van der Waals surface area (Å²) in [5.74, 6) is 0. The van der Waals surface area contributed by atoms with Gasteiger partial charge < -0.3 is 20.2 Å². The van der Waals surface area contributed by atoms with E-state index in [4.69, 9.17) is 0 Å². The van der Waals surface area contributed by atoms with Gasteiger partial charge in [-0.15, -0.1) is 0 Å². The van der Waals surface area contributed by atoms with Crippen LogP contribution in [0.3, 0.4) is 0 Å². The molecule has 0 aromatic carbocycles. The summed E-state index contributed by atoms with van der Waals surface area (Å²) in [5, 5.41) is 12.9. The maximum absolute atomic E-state index is 9.53. The van der Waals surface area contributed by atoms with Gasteiger partial charge in [0.05, 0.1) is 6.61 Å². The van der Waals surface area contributed by atoms with Crippen LogP contribution in [0.5, 0.6) is 0 Å². The minimum absolute atomic E-state index is 0.138.